The van der Waals surface area contributed by atoms with Gasteiger partial charge >= 0.3 is 5.97 Å². The molecular weight excluding hydrogens is 322 g/mol. The normalized spacial score (nSPS) is 21.9. The molecular formula is C15H20BrNO3. The Morgan fingerprint density at radius 3 is 2.95 bits per heavy atom. The summed E-state index contributed by atoms with van der Waals surface area (Å²) in [4.78, 5) is 11.1. The van der Waals surface area contributed by atoms with Crippen molar-refractivity contribution in [2.75, 3.05) is 13.7 Å². The van der Waals surface area contributed by atoms with E-state index in [1.165, 1.54) is 0 Å². The molecule has 0 saturated heterocycles. The zero-order valence-corrected chi connectivity index (χ0v) is 13.1. The third-order valence-electron chi connectivity index (χ3n) is 3.93. The van der Waals surface area contributed by atoms with Crippen molar-refractivity contribution in [3.8, 4) is 5.75 Å². The lowest BCUT2D eigenvalue weighted by molar-refractivity contribution is -0.142. The number of hydrogen-bond acceptors (Lipinski definition) is 3. The number of ether oxygens (including phenoxy) is 1. The maximum Gasteiger partial charge on any atom is 0.306 e. The van der Waals surface area contributed by atoms with Gasteiger partial charge in [0.25, 0.3) is 0 Å². The quantitative estimate of drug-likeness (QED) is 0.834. The second kappa shape index (κ2) is 7.09. The summed E-state index contributed by atoms with van der Waals surface area (Å²) in [6, 6.07) is 5.96. The minimum atomic E-state index is -0.651. The van der Waals surface area contributed by atoms with Crippen LogP contribution in [0.2, 0.25) is 0 Å². The predicted molar refractivity (Wildman–Crippen MR) is 80.9 cm³/mol. The molecule has 4 nitrogen and oxygen atoms in total. The lowest BCUT2D eigenvalue weighted by Gasteiger charge is -2.16. The number of carboxylic acids is 1. The molecule has 2 rings (SSSR count). The Morgan fingerprint density at radius 1 is 1.50 bits per heavy atom. The van der Waals surface area contributed by atoms with Gasteiger partial charge in [-0.3, -0.25) is 4.79 Å². The first-order valence-electron chi connectivity index (χ1n) is 6.87. The van der Waals surface area contributed by atoms with E-state index in [0.717, 1.165) is 48.1 Å². The molecule has 5 heteroatoms. The molecule has 1 aliphatic rings. The first-order chi connectivity index (χ1) is 9.61. The van der Waals surface area contributed by atoms with Crippen molar-refractivity contribution in [2.45, 2.75) is 25.8 Å². The Hall–Kier alpha value is -1.07. The number of aliphatic carboxylic acids is 1. The number of halogens is 1. The van der Waals surface area contributed by atoms with Gasteiger partial charge in [0.05, 0.1) is 17.5 Å². The Bertz CT molecular complexity index is 478. The minimum Gasteiger partial charge on any atom is -0.496 e. The highest BCUT2D eigenvalue weighted by Gasteiger charge is 2.32. The topological polar surface area (TPSA) is 58.6 Å². The Kier molecular flexibility index (Phi) is 5.43. The first-order valence-corrected chi connectivity index (χ1v) is 7.67. The van der Waals surface area contributed by atoms with Gasteiger partial charge in [-0.15, -0.1) is 0 Å². The molecule has 1 saturated carbocycles. The maximum atomic E-state index is 11.1. The molecule has 1 aromatic carbocycles. The molecule has 0 bridgehead atoms. The molecule has 2 N–H and O–H groups in total. The van der Waals surface area contributed by atoms with Crippen molar-refractivity contribution in [2.24, 2.45) is 11.8 Å². The van der Waals surface area contributed by atoms with Crippen LogP contribution in [0.1, 0.15) is 24.8 Å². The average molecular weight is 342 g/mol. The summed E-state index contributed by atoms with van der Waals surface area (Å²) in [6.45, 7) is 1.51. The summed E-state index contributed by atoms with van der Waals surface area (Å²) in [5.41, 5.74) is 1.16. The summed E-state index contributed by atoms with van der Waals surface area (Å²) in [7, 11) is 1.64. The van der Waals surface area contributed by atoms with Crippen LogP contribution in [-0.2, 0) is 11.3 Å². The third kappa shape index (κ3) is 3.73. The maximum absolute atomic E-state index is 11.1. The lowest BCUT2D eigenvalue weighted by atomic mass is 9.96. The van der Waals surface area contributed by atoms with Crippen molar-refractivity contribution < 1.29 is 14.6 Å². The molecule has 110 valence electrons. The number of benzene rings is 1. The largest absolute Gasteiger partial charge is 0.496 e. The van der Waals surface area contributed by atoms with Crippen LogP contribution in [0.5, 0.6) is 5.75 Å². The second-order valence-corrected chi connectivity index (χ2v) is 6.09. The van der Waals surface area contributed by atoms with Crippen LogP contribution in [0.15, 0.2) is 22.7 Å². The predicted octanol–water partition coefficient (Wildman–Crippen LogP) is 3.05. The minimum absolute atomic E-state index is 0.176. The highest BCUT2D eigenvalue weighted by Crippen LogP contribution is 2.31. The highest BCUT2D eigenvalue weighted by atomic mass is 79.9. The molecule has 0 radical (unpaired) electrons. The molecule has 0 spiro atoms. The molecule has 0 aliphatic heterocycles. The number of nitrogens with one attached hydrogen (secondary N) is 1. The van der Waals surface area contributed by atoms with Gasteiger partial charge in [-0.25, -0.2) is 0 Å². The standard InChI is InChI=1S/C15H20BrNO3/c1-20-14-6-5-10(7-13(14)16)8-17-9-11-3-2-4-12(11)15(18)19/h5-7,11-12,17H,2-4,8-9H2,1H3,(H,18,19). The Balaban J connectivity index is 1.84. The van der Waals surface area contributed by atoms with E-state index >= 15 is 0 Å². The van der Waals surface area contributed by atoms with Crippen LogP contribution in [0.25, 0.3) is 0 Å². The van der Waals surface area contributed by atoms with Crippen molar-refractivity contribution in [3.63, 3.8) is 0 Å². The Morgan fingerprint density at radius 2 is 2.30 bits per heavy atom. The summed E-state index contributed by atoms with van der Waals surface area (Å²) in [5.74, 6) is 0.247. The summed E-state index contributed by atoms with van der Waals surface area (Å²) < 4.78 is 6.13. The van der Waals surface area contributed by atoms with Crippen LogP contribution in [0, 0.1) is 11.8 Å². The van der Waals surface area contributed by atoms with E-state index in [0.29, 0.717) is 0 Å². The van der Waals surface area contributed by atoms with Gasteiger partial charge in [0, 0.05) is 6.54 Å². The lowest BCUT2D eigenvalue weighted by Crippen LogP contribution is -2.28. The van der Waals surface area contributed by atoms with Crippen LogP contribution < -0.4 is 10.1 Å². The van der Waals surface area contributed by atoms with Crippen molar-refractivity contribution in [1.82, 2.24) is 5.32 Å². The number of carbonyl (C=O) groups is 1. The molecule has 1 fully saturated rings. The van der Waals surface area contributed by atoms with E-state index in [4.69, 9.17) is 9.84 Å². The number of hydrogen-bond donors (Lipinski definition) is 2. The van der Waals surface area contributed by atoms with E-state index in [1.807, 2.05) is 18.2 Å². The van der Waals surface area contributed by atoms with E-state index in [2.05, 4.69) is 21.2 Å². The molecule has 0 heterocycles. The third-order valence-corrected chi connectivity index (χ3v) is 4.55. The Labute approximate surface area is 127 Å². The fourth-order valence-corrected chi connectivity index (χ4v) is 3.42. The molecule has 0 amide bonds. The van der Waals surface area contributed by atoms with Gasteiger partial charge in [-0.1, -0.05) is 12.5 Å². The SMILES string of the molecule is COc1ccc(CNCC2CCCC2C(=O)O)cc1Br. The van der Waals surface area contributed by atoms with Crippen LogP contribution in [-0.4, -0.2) is 24.7 Å². The molecule has 2 atom stereocenters. The van der Waals surface area contributed by atoms with E-state index in [9.17, 15) is 4.79 Å². The zero-order valence-electron chi connectivity index (χ0n) is 11.6. The smallest absolute Gasteiger partial charge is 0.306 e. The van der Waals surface area contributed by atoms with Crippen LogP contribution in [0.4, 0.5) is 0 Å². The van der Waals surface area contributed by atoms with E-state index in [1.54, 1.807) is 7.11 Å². The summed E-state index contributed by atoms with van der Waals surface area (Å²) >= 11 is 3.46. The van der Waals surface area contributed by atoms with Crippen LogP contribution >= 0.6 is 15.9 Å². The van der Waals surface area contributed by atoms with Gasteiger partial charge in [0.1, 0.15) is 5.75 Å². The summed E-state index contributed by atoms with van der Waals surface area (Å²) in [6.07, 6.45) is 2.85. The van der Waals surface area contributed by atoms with Crippen LogP contribution in [0.3, 0.4) is 0 Å². The fraction of sp³-hybridized carbons (Fsp3) is 0.533. The van der Waals surface area contributed by atoms with Crippen molar-refractivity contribution in [1.29, 1.82) is 0 Å². The van der Waals surface area contributed by atoms with Gasteiger partial charge < -0.3 is 15.2 Å². The fourth-order valence-electron chi connectivity index (χ4n) is 2.83. The molecule has 0 aromatic heterocycles. The first kappa shape index (κ1) is 15.3. The summed E-state index contributed by atoms with van der Waals surface area (Å²) in [5, 5.41) is 12.5. The van der Waals surface area contributed by atoms with E-state index in [-0.39, 0.29) is 11.8 Å². The monoisotopic (exact) mass is 341 g/mol. The highest BCUT2D eigenvalue weighted by molar-refractivity contribution is 9.10. The molecule has 1 aromatic rings. The average Bonchev–Trinajstić information content (AvgIpc) is 2.87. The molecule has 1 aliphatic carbocycles. The van der Waals surface area contributed by atoms with Crippen molar-refractivity contribution in [3.05, 3.63) is 28.2 Å². The van der Waals surface area contributed by atoms with E-state index < -0.39 is 5.97 Å². The van der Waals surface area contributed by atoms with Gasteiger partial charge in [-0.2, -0.15) is 0 Å². The number of methoxy groups -OCH3 is 1. The van der Waals surface area contributed by atoms with Gasteiger partial charge in [0.15, 0.2) is 0 Å². The van der Waals surface area contributed by atoms with Gasteiger partial charge in [-0.05, 0) is 58.9 Å². The van der Waals surface area contributed by atoms with Crippen molar-refractivity contribution >= 4 is 21.9 Å². The van der Waals surface area contributed by atoms with Gasteiger partial charge in [0.2, 0.25) is 0 Å². The number of carboxylic acid groups (broad SMARTS) is 1. The molecule has 2 unspecified atom stereocenters. The number of rotatable bonds is 6. The molecule has 20 heavy (non-hydrogen) atoms. The second-order valence-electron chi connectivity index (χ2n) is 5.24. The zero-order chi connectivity index (χ0) is 14.5.